The molecule has 2 aliphatic rings. The average Bonchev–Trinajstić information content (AvgIpc) is 3.12. The second kappa shape index (κ2) is 7.58. The Morgan fingerprint density at radius 2 is 2.17 bits per heavy atom. The fraction of sp³-hybridized carbons (Fsp3) is 0.588. The summed E-state index contributed by atoms with van der Waals surface area (Å²) >= 11 is 0. The van der Waals surface area contributed by atoms with Crippen molar-refractivity contribution >= 4 is 18.3 Å². The summed E-state index contributed by atoms with van der Waals surface area (Å²) in [4.78, 5) is 14.7. The van der Waals surface area contributed by atoms with Gasteiger partial charge >= 0.3 is 0 Å². The highest BCUT2D eigenvalue weighted by Gasteiger charge is 2.48. The number of hydrogen-bond acceptors (Lipinski definition) is 2. The van der Waals surface area contributed by atoms with Crippen LogP contribution in [-0.4, -0.2) is 36.5 Å². The first kappa shape index (κ1) is 18.1. The maximum Gasteiger partial charge on any atom is 0.226 e. The second-order valence-electron chi connectivity index (χ2n) is 6.27. The lowest BCUT2D eigenvalue weighted by Crippen LogP contribution is -2.43. The average molecular weight is 345 g/mol. The van der Waals surface area contributed by atoms with Gasteiger partial charge in [-0.05, 0) is 43.4 Å². The van der Waals surface area contributed by atoms with Crippen molar-refractivity contribution in [2.45, 2.75) is 38.1 Å². The Bertz CT molecular complexity index is 564. The minimum Gasteiger partial charge on any atom is -0.338 e. The quantitative estimate of drug-likeness (QED) is 0.890. The number of rotatable bonds is 5. The Morgan fingerprint density at radius 1 is 1.39 bits per heavy atom. The molecular formula is C17H23ClF2N2O. The van der Waals surface area contributed by atoms with E-state index in [0.717, 1.165) is 38.5 Å². The first-order valence-corrected chi connectivity index (χ1v) is 8.08. The Labute approximate surface area is 141 Å². The standard InChI is InChI=1S/C17H22F2N2O.ClH/c1-2-8-21(11-6-7-20-10-11)17(22)14-9-13(14)12-4-3-5-15(18)16(12)19;/h3-5,11,13-14,20H,2,6-10H2,1H3;1H. The molecule has 1 aromatic rings. The third-order valence-corrected chi connectivity index (χ3v) is 4.71. The summed E-state index contributed by atoms with van der Waals surface area (Å²) in [5, 5.41) is 3.28. The van der Waals surface area contributed by atoms with Gasteiger partial charge in [-0.3, -0.25) is 4.79 Å². The van der Waals surface area contributed by atoms with Crippen LogP contribution in [0.1, 0.15) is 37.7 Å². The van der Waals surface area contributed by atoms with E-state index in [9.17, 15) is 13.6 Å². The molecule has 1 saturated carbocycles. The number of hydrogen-bond donors (Lipinski definition) is 1. The maximum atomic E-state index is 13.9. The van der Waals surface area contributed by atoms with Crippen LogP contribution in [0, 0.1) is 17.6 Å². The first-order valence-electron chi connectivity index (χ1n) is 8.08. The van der Waals surface area contributed by atoms with Gasteiger partial charge in [-0.2, -0.15) is 0 Å². The first-order chi connectivity index (χ1) is 10.6. The van der Waals surface area contributed by atoms with Crippen molar-refractivity contribution in [3.63, 3.8) is 0 Å². The highest BCUT2D eigenvalue weighted by atomic mass is 35.5. The van der Waals surface area contributed by atoms with Gasteiger partial charge in [-0.25, -0.2) is 8.78 Å². The van der Waals surface area contributed by atoms with Gasteiger partial charge in [-0.15, -0.1) is 12.4 Å². The van der Waals surface area contributed by atoms with Crippen LogP contribution in [-0.2, 0) is 4.79 Å². The van der Waals surface area contributed by atoms with Gasteiger partial charge in [-0.1, -0.05) is 19.1 Å². The molecule has 0 spiro atoms. The summed E-state index contributed by atoms with van der Waals surface area (Å²) in [7, 11) is 0. The topological polar surface area (TPSA) is 32.3 Å². The summed E-state index contributed by atoms with van der Waals surface area (Å²) in [5.74, 6) is -1.89. The Morgan fingerprint density at radius 3 is 2.83 bits per heavy atom. The monoisotopic (exact) mass is 344 g/mol. The molecule has 1 aliphatic carbocycles. The van der Waals surface area contributed by atoms with E-state index in [1.807, 2.05) is 4.90 Å². The van der Waals surface area contributed by atoms with Crippen LogP contribution >= 0.6 is 12.4 Å². The number of amides is 1. The maximum absolute atomic E-state index is 13.9. The van der Waals surface area contributed by atoms with E-state index in [0.29, 0.717) is 12.0 Å². The molecule has 0 bridgehead atoms. The third kappa shape index (κ3) is 3.66. The van der Waals surface area contributed by atoms with Crippen LogP contribution in [0.5, 0.6) is 0 Å². The molecule has 128 valence electrons. The number of carbonyl (C=O) groups excluding carboxylic acids is 1. The number of carbonyl (C=O) groups is 1. The summed E-state index contributed by atoms with van der Waals surface area (Å²) in [6.07, 6.45) is 2.50. The van der Waals surface area contributed by atoms with Crippen LogP contribution < -0.4 is 5.32 Å². The van der Waals surface area contributed by atoms with Crippen molar-refractivity contribution in [1.82, 2.24) is 10.2 Å². The summed E-state index contributed by atoms with van der Waals surface area (Å²) in [6.45, 7) is 4.56. The lowest BCUT2D eigenvalue weighted by Gasteiger charge is -2.28. The van der Waals surface area contributed by atoms with Gasteiger partial charge in [0.05, 0.1) is 0 Å². The minimum absolute atomic E-state index is 0. The molecule has 0 radical (unpaired) electrons. The van der Waals surface area contributed by atoms with Gasteiger partial charge in [0.25, 0.3) is 0 Å². The molecule has 2 fully saturated rings. The van der Waals surface area contributed by atoms with E-state index < -0.39 is 11.6 Å². The molecule has 1 N–H and O–H groups in total. The molecule has 3 unspecified atom stereocenters. The molecule has 3 rings (SSSR count). The van der Waals surface area contributed by atoms with E-state index in [1.54, 1.807) is 6.07 Å². The molecule has 0 aromatic heterocycles. The highest BCUT2D eigenvalue weighted by molar-refractivity contribution is 5.85. The number of halogens is 3. The predicted octanol–water partition coefficient (Wildman–Crippen LogP) is 3.09. The van der Waals surface area contributed by atoms with Crippen molar-refractivity contribution in [3.8, 4) is 0 Å². The smallest absolute Gasteiger partial charge is 0.226 e. The van der Waals surface area contributed by atoms with E-state index in [-0.39, 0.29) is 36.2 Å². The van der Waals surface area contributed by atoms with Crippen LogP contribution in [0.25, 0.3) is 0 Å². The zero-order valence-corrected chi connectivity index (χ0v) is 14.0. The summed E-state index contributed by atoms with van der Waals surface area (Å²) < 4.78 is 27.2. The van der Waals surface area contributed by atoms with E-state index >= 15 is 0 Å². The molecule has 3 atom stereocenters. The molecular weight excluding hydrogens is 322 g/mol. The Kier molecular flexibility index (Phi) is 5.98. The molecule has 1 aromatic carbocycles. The van der Waals surface area contributed by atoms with Crippen LogP contribution in [0.3, 0.4) is 0 Å². The lowest BCUT2D eigenvalue weighted by atomic mass is 10.1. The van der Waals surface area contributed by atoms with Crippen LogP contribution in [0.4, 0.5) is 8.78 Å². The zero-order valence-electron chi connectivity index (χ0n) is 13.2. The normalized spacial score (nSPS) is 25.8. The molecule has 6 heteroatoms. The van der Waals surface area contributed by atoms with Crippen molar-refractivity contribution < 1.29 is 13.6 Å². The van der Waals surface area contributed by atoms with Gasteiger partial charge in [0.2, 0.25) is 5.91 Å². The van der Waals surface area contributed by atoms with Gasteiger partial charge in [0, 0.05) is 25.0 Å². The van der Waals surface area contributed by atoms with E-state index in [1.165, 1.54) is 6.07 Å². The van der Waals surface area contributed by atoms with Crippen molar-refractivity contribution in [2.75, 3.05) is 19.6 Å². The summed E-state index contributed by atoms with van der Waals surface area (Å²) in [6, 6.07) is 4.47. The van der Waals surface area contributed by atoms with Crippen LogP contribution in [0.2, 0.25) is 0 Å². The van der Waals surface area contributed by atoms with Gasteiger partial charge < -0.3 is 10.2 Å². The fourth-order valence-corrected chi connectivity index (χ4v) is 3.45. The fourth-order valence-electron chi connectivity index (χ4n) is 3.45. The van der Waals surface area contributed by atoms with Crippen molar-refractivity contribution in [2.24, 2.45) is 5.92 Å². The highest BCUT2D eigenvalue weighted by Crippen LogP contribution is 2.49. The Hall–Kier alpha value is -1.20. The largest absolute Gasteiger partial charge is 0.338 e. The van der Waals surface area contributed by atoms with Crippen LogP contribution in [0.15, 0.2) is 18.2 Å². The molecule has 1 amide bonds. The zero-order chi connectivity index (χ0) is 15.7. The molecule has 1 aliphatic heterocycles. The van der Waals surface area contributed by atoms with E-state index in [2.05, 4.69) is 12.2 Å². The number of benzene rings is 1. The third-order valence-electron chi connectivity index (χ3n) is 4.71. The number of nitrogens with one attached hydrogen (secondary N) is 1. The van der Waals surface area contributed by atoms with Gasteiger partial charge in [0.1, 0.15) is 0 Å². The van der Waals surface area contributed by atoms with Crippen molar-refractivity contribution in [3.05, 3.63) is 35.4 Å². The molecule has 1 heterocycles. The molecule has 1 saturated heterocycles. The van der Waals surface area contributed by atoms with E-state index in [4.69, 9.17) is 0 Å². The van der Waals surface area contributed by atoms with Crippen molar-refractivity contribution in [1.29, 1.82) is 0 Å². The lowest BCUT2D eigenvalue weighted by molar-refractivity contribution is -0.134. The molecule has 23 heavy (non-hydrogen) atoms. The summed E-state index contributed by atoms with van der Waals surface area (Å²) in [5.41, 5.74) is 0.347. The Balaban J connectivity index is 0.00000192. The van der Waals surface area contributed by atoms with Gasteiger partial charge in [0.15, 0.2) is 11.6 Å². The SMILES string of the molecule is CCCN(C(=O)C1CC1c1cccc(F)c1F)C1CCNC1.Cl. The second-order valence-corrected chi connectivity index (χ2v) is 6.27. The number of nitrogens with zero attached hydrogens (tertiary/aromatic N) is 1. The predicted molar refractivity (Wildman–Crippen MR) is 87.7 cm³/mol. The molecule has 3 nitrogen and oxygen atoms in total. The minimum atomic E-state index is -0.832.